The number of nitrogens with two attached hydrogens (primary N) is 1. The second-order valence-electron chi connectivity index (χ2n) is 4.50. The number of nitrogens with zero attached hydrogens (tertiary/aromatic N) is 4. The van der Waals surface area contributed by atoms with E-state index in [1.807, 2.05) is 0 Å². The van der Waals surface area contributed by atoms with Gasteiger partial charge >= 0.3 is 0 Å². The molecule has 0 saturated heterocycles. The van der Waals surface area contributed by atoms with Gasteiger partial charge in [0.25, 0.3) is 0 Å². The number of aromatic nitrogens is 4. The minimum absolute atomic E-state index is 0.152. The molecule has 0 amide bonds. The lowest BCUT2D eigenvalue weighted by Gasteiger charge is -2.10. The molecule has 2 aromatic heterocycles. The molecule has 7 heteroatoms. The van der Waals surface area contributed by atoms with Crippen LogP contribution in [0.3, 0.4) is 0 Å². The first-order chi connectivity index (χ1) is 9.65. The molecule has 7 nitrogen and oxygen atoms in total. The van der Waals surface area contributed by atoms with Gasteiger partial charge in [-0.05, 0) is 24.1 Å². The molecule has 0 fully saturated rings. The highest BCUT2D eigenvalue weighted by molar-refractivity contribution is 5.41. The zero-order valence-electron chi connectivity index (χ0n) is 10.5. The first-order valence-corrected chi connectivity index (χ1v) is 6.06. The number of hydrogen-bond acceptors (Lipinski definition) is 6. The minimum Gasteiger partial charge on any atom is -0.504 e. The number of phenols is 2. The van der Waals surface area contributed by atoms with Gasteiger partial charge in [0.2, 0.25) is 0 Å². The Morgan fingerprint density at radius 2 is 2.05 bits per heavy atom. The van der Waals surface area contributed by atoms with Crippen LogP contribution < -0.4 is 5.73 Å². The van der Waals surface area contributed by atoms with E-state index in [2.05, 4.69) is 15.2 Å². The Hall–Kier alpha value is -2.67. The van der Waals surface area contributed by atoms with Crippen molar-refractivity contribution < 1.29 is 10.2 Å². The minimum atomic E-state index is -0.378. The SMILES string of the molecule is NC(Cc1ccc(O)c(O)c1)c1nnc2cnccn12. The van der Waals surface area contributed by atoms with Gasteiger partial charge in [-0.25, -0.2) is 0 Å². The molecule has 102 valence electrons. The predicted molar refractivity (Wildman–Crippen MR) is 71.2 cm³/mol. The monoisotopic (exact) mass is 271 g/mol. The summed E-state index contributed by atoms with van der Waals surface area (Å²) in [4.78, 5) is 3.97. The molecule has 3 rings (SSSR count). The van der Waals surface area contributed by atoms with Gasteiger partial charge in [0.15, 0.2) is 23.0 Å². The molecule has 0 radical (unpaired) electrons. The van der Waals surface area contributed by atoms with E-state index in [-0.39, 0.29) is 17.5 Å². The molecule has 4 N–H and O–H groups in total. The van der Waals surface area contributed by atoms with Crippen molar-refractivity contribution in [1.29, 1.82) is 0 Å². The van der Waals surface area contributed by atoms with Crippen LogP contribution in [0, 0.1) is 0 Å². The molecule has 1 unspecified atom stereocenters. The van der Waals surface area contributed by atoms with Gasteiger partial charge in [0, 0.05) is 12.4 Å². The van der Waals surface area contributed by atoms with Crippen molar-refractivity contribution in [2.45, 2.75) is 12.5 Å². The zero-order valence-corrected chi connectivity index (χ0v) is 10.5. The lowest BCUT2D eigenvalue weighted by Crippen LogP contribution is -2.16. The van der Waals surface area contributed by atoms with E-state index in [1.54, 1.807) is 29.1 Å². The van der Waals surface area contributed by atoms with Gasteiger partial charge < -0.3 is 15.9 Å². The molecule has 0 bridgehead atoms. The van der Waals surface area contributed by atoms with Crippen molar-refractivity contribution >= 4 is 5.65 Å². The van der Waals surface area contributed by atoms with Crippen molar-refractivity contribution in [3.8, 4) is 11.5 Å². The number of fused-ring (bicyclic) bond motifs is 1. The molecular weight excluding hydrogens is 258 g/mol. The second kappa shape index (κ2) is 4.78. The second-order valence-corrected chi connectivity index (χ2v) is 4.50. The highest BCUT2D eigenvalue weighted by atomic mass is 16.3. The average molecular weight is 271 g/mol. The van der Waals surface area contributed by atoms with Gasteiger partial charge in [-0.3, -0.25) is 9.38 Å². The van der Waals surface area contributed by atoms with Gasteiger partial charge in [-0.15, -0.1) is 10.2 Å². The van der Waals surface area contributed by atoms with E-state index in [1.165, 1.54) is 12.1 Å². The Balaban J connectivity index is 1.89. The fraction of sp³-hybridized carbons (Fsp3) is 0.154. The van der Waals surface area contributed by atoms with Crippen LogP contribution in [-0.4, -0.2) is 29.8 Å². The summed E-state index contributed by atoms with van der Waals surface area (Å²) in [6.07, 6.45) is 5.46. The summed E-state index contributed by atoms with van der Waals surface area (Å²) in [5.41, 5.74) is 7.57. The van der Waals surface area contributed by atoms with E-state index < -0.39 is 0 Å². The van der Waals surface area contributed by atoms with Crippen LogP contribution in [-0.2, 0) is 6.42 Å². The summed E-state index contributed by atoms with van der Waals surface area (Å²) in [7, 11) is 0. The van der Waals surface area contributed by atoms with Crippen LogP contribution in [0.25, 0.3) is 5.65 Å². The Morgan fingerprint density at radius 1 is 1.20 bits per heavy atom. The molecule has 0 saturated carbocycles. The maximum atomic E-state index is 9.48. The summed E-state index contributed by atoms with van der Waals surface area (Å²) in [5, 5.41) is 26.8. The summed E-state index contributed by atoms with van der Waals surface area (Å²) in [6.45, 7) is 0. The Labute approximate surface area is 114 Å². The maximum Gasteiger partial charge on any atom is 0.179 e. The van der Waals surface area contributed by atoms with Crippen molar-refractivity contribution in [2.75, 3.05) is 0 Å². The quantitative estimate of drug-likeness (QED) is 0.607. The standard InChI is InChI=1S/C13H13N5O2/c14-9(5-8-1-2-10(19)11(20)6-8)13-17-16-12-7-15-3-4-18(12)13/h1-4,6-7,9,19-20H,5,14H2. The lowest BCUT2D eigenvalue weighted by atomic mass is 10.1. The molecule has 1 atom stereocenters. The molecule has 0 aliphatic carbocycles. The highest BCUT2D eigenvalue weighted by Crippen LogP contribution is 2.26. The third-order valence-corrected chi connectivity index (χ3v) is 3.07. The summed E-state index contributed by atoms with van der Waals surface area (Å²) < 4.78 is 1.78. The third kappa shape index (κ3) is 2.14. The first-order valence-electron chi connectivity index (χ1n) is 6.06. The molecule has 2 heterocycles. The number of hydrogen-bond donors (Lipinski definition) is 3. The Bertz CT molecular complexity index is 755. The molecular formula is C13H13N5O2. The van der Waals surface area contributed by atoms with E-state index in [0.29, 0.717) is 17.9 Å². The van der Waals surface area contributed by atoms with Crippen LogP contribution >= 0.6 is 0 Å². The molecule has 0 spiro atoms. The van der Waals surface area contributed by atoms with Gasteiger partial charge in [0.05, 0.1) is 12.2 Å². The number of aromatic hydroxyl groups is 2. The van der Waals surface area contributed by atoms with E-state index in [9.17, 15) is 10.2 Å². The predicted octanol–water partition coefficient (Wildman–Crippen LogP) is 0.778. The number of phenolic OH excluding ortho intramolecular Hbond substituents is 2. The topological polar surface area (TPSA) is 110 Å². The summed E-state index contributed by atoms with van der Waals surface area (Å²) in [5.74, 6) is 0.307. The Kier molecular flexibility index (Phi) is 2.96. The molecule has 0 aliphatic rings. The third-order valence-electron chi connectivity index (χ3n) is 3.07. The number of rotatable bonds is 3. The smallest absolute Gasteiger partial charge is 0.179 e. The van der Waals surface area contributed by atoms with Gasteiger partial charge in [-0.2, -0.15) is 0 Å². The molecule has 1 aromatic carbocycles. The fourth-order valence-electron chi connectivity index (χ4n) is 2.07. The largest absolute Gasteiger partial charge is 0.504 e. The van der Waals surface area contributed by atoms with Crippen molar-refractivity contribution in [2.24, 2.45) is 5.73 Å². The van der Waals surface area contributed by atoms with E-state index >= 15 is 0 Å². The zero-order chi connectivity index (χ0) is 14.1. The van der Waals surface area contributed by atoms with Gasteiger partial charge in [-0.1, -0.05) is 6.07 Å². The maximum absolute atomic E-state index is 9.48. The first kappa shape index (κ1) is 12.4. The average Bonchev–Trinajstić information content (AvgIpc) is 2.87. The highest BCUT2D eigenvalue weighted by Gasteiger charge is 2.15. The fourth-order valence-corrected chi connectivity index (χ4v) is 2.07. The van der Waals surface area contributed by atoms with Crippen LogP contribution in [0.2, 0.25) is 0 Å². The van der Waals surface area contributed by atoms with Crippen LogP contribution in [0.1, 0.15) is 17.4 Å². The molecule has 3 aromatic rings. The van der Waals surface area contributed by atoms with Crippen LogP contribution in [0.5, 0.6) is 11.5 Å². The normalized spacial score (nSPS) is 12.7. The number of benzene rings is 1. The summed E-state index contributed by atoms with van der Waals surface area (Å²) >= 11 is 0. The Morgan fingerprint density at radius 3 is 2.85 bits per heavy atom. The summed E-state index contributed by atoms with van der Waals surface area (Å²) in [6, 6.07) is 4.25. The lowest BCUT2D eigenvalue weighted by molar-refractivity contribution is 0.403. The van der Waals surface area contributed by atoms with E-state index in [0.717, 1.165) is 5.56 Å². The van der Waals surface area contributed by atoms with Crippen molar-refractivity contribution in [3.63, 3.8) is 0 Å². The molecule has 20 heavy (non-hydrogen) atoms. The molecule has 0 aliphatic heterocycles. The van der Waals surface area contributed by atoms with Crippen molar-refractivity contribution in [3.05, 3.63) is 48.2 Å². The van der Waals surface area contributed by atoms with E-state index in [4.69, 9.17) is 5.73 Å². The van der Waals surface area contributed by atoms with Gasteiger partial charge in [0.1, 0.15) is 0 Å². The van der Waals surface area contributed by atoms with Crippen LogP contribution in [0.15, 0.2) is 36.8 Å². The van der Waals surface area contributed by atoms with Crippen LogP contribution in [0.4, 0.5) is 0 Å². The van der Waals surface area contributed by atoms with Crippen molar-refractivity contribution in [1.82, 2.24) is 19.6 Å².